The quantitative estimate of drug-likeness (QED) is 0.164. The number of hydrogen-bond donors (Lipinski definition) is 0. The summed E-state index contributed by atoms with van der Waals surface area (Å²) in [7, 11) is 0. The van der Waals surface area contributed by atoms with Gasteiger partial charge in [-0.15, -0.1) is 0 Å². The summed E-state index contributed by atoms with van der Waals surface area (Å²) in [5.74, 6) is 1.64. The van der Waals surface area contributed by atoms with Gasteiger partial charge in [-0.05, 0) is 121 Å². The second kappa shape index (κ2) is 17.6. The van der Waals surface area contributed by atoms with E-state index >= 15 is 0 Å². The molecule has 0 spiro atoms. The second-order valence-corrected chi connectivity index (χ2v) is 23.7. The standard InChI is InChI=1S/C74H58BN3O/c1-73(2,3)51-43-59-57-29-16-20-35-69(57)79-68-34-19-15-28-56(68)58-30-21-31-60(74(4,5)6)71(58)78-67-46-53(77-63-32-17-13-26-54(63)55-27-14-18-33-64(55)77)45-66-70(67)75(62(44-51)72(59)78)61-42-50(48-24-11-8-12-25-48)38-41-65(61)76(66)52-39-36-49(37-40-52)47-22-9-7-10-23-47/h7-46H,1-6H3. The Morgan fingerprint density at radius 1 is 0.354 bits per heavy atom. The molecule has 3 aliphatic rings. The van der Waals surface area contributed by atoms with Gasteiger partial charge in [0.2, 0.25) is 0 Å². The maximum absolute atomic E-state index is 7.30. The largest absolute Gasteiger partial charge is 0.456 e. The Morgan fingerprint density at radius 3 is 1.52 bits per heavy atom. The normalized spacial score (nSPS) is 13.2. The molecular formula is C74H58BN3O. The first kappa shape index (κ1) is 46.9. The van der Waals surface area contributed by atoms with Gasteiger partial charge in [-0.25, -0.2) is 0 Å². The smallest absolute Gasteiger partial charge is 0.252 e. The number of rotatable bonds is 4. The molecule has 1 aromatic heterocycles. The van der Waals surface area contributed by atoms with E-state index in [1.807, 2.05) is 0 Å². The minimum absolute atomic E-state index is 0.184. The molecule has 0 amide bonds. The van der Waals surface area contributed by atoms with E-state index in [1.165, 1.54) is 77.3 Å². The summed E-state index contributed by atoms with van der Waals surface area (Å²) in [6, 6.07) is 90.3. The van der Waals surface area contributed by atoms with Gasteiger partial charge < -0.3 is 19.1 Å². The van der Waals surface area contributed by atoms with Crippen LogP contribution in [0.15, 0.2) is 243 Å². The van der Waals surface area contributed by atoms with E-state index in [4.69, 9.17) is 4.74 Å². The van der Waals surface area contributed by atoms with Gasteiger partial charge in [-0.2, -0.15) is 0 Å². The molecule has 0 saturated carbocycles. The minimum atomic E-state index is -0.278. The van der Waals surface area contributed by atoms with Crippen molar-refractivity contribution < 1.29 is 4.74 Å². The number of benzene rings is 11. The monoisotopic (exact) mass is 1020 g/mol. The molecule has 3 aliphatic heterocycles. The van der Waals surface area contributed by atoms with Crippen LogP contribution in [-0.4, -0.2) is 11.3 Å². The van der Waals surface area contributed by atoms with Crippen LogP contribution in [0.4, 0.5) is 34.1 Å². The van der Waals surface area contributed by atoms with Gasteiger partial charge in [0.1, 0.15) is 11.5 Å². The SMILES string of the molecule is CC(C)(C)c1cc2c3c(c1)-c1ccccc1Oc1ccccc1-c1cccc(C(C)(C)C)c1N3c1cc(-n3c4ccccc4c4ccccc43)cc3c1B2c1cc(-c2ccccc2)ccc1N3c1ccc(-c2ccccc2)cc1. The van der Waals surface area contributed by atoms with Crippen LogP contribution in [-0.2, 0) is 10.8 Å². The Balaban J connectivity index is 1.16. The van der Waals surface area contributed by atoms with Crippen molar-refractivity contribution in [1.29, 1.82) is 0 Å². The zero-order valence-corrected chi connectivity index (χ0v) is 45.4. The number of fused-ring (bicyclic) bond motifs is 13. The topological polar surface area (TPSA) is 20.6 Å². The van der Waals surface area contributed by atoms with Gasteiger partial charge in [0.05, 0.1) is 22.4 Å². The molecule has 0 saturated heterocycles. The highest BCUT2D eigenvalue weighted by Crippen LogP contribution is 2.56. The molecule has 4 nitrogen and oxygen atoms in total. The summed E-state index contributed by atoms with van der Waals surface area (Å²) in [6.45, 7) is 14.0. The number of para-hydroxylation sites is 5. The average Bonchev–Trinajstić information content (AvgIpc) is 3.94. The van der Waals surface area contributed by atoms with Crippen LogP contribution < -0.4 is 30.9 Å². The summed E-state index contributed by atoms with van der Waals surface area (Å²) < 4.78 is 9.81. The Bertz CT molecular complexity index is 4370. The number of hydrogen-bond acceptors (Lipinski definition) is 3. The van der Waals surface area contributed by atoms with E-state index in [0.717, 1.165) is 67.9 Å². The molecule has 0 unspecified atom stereocenters. The average molecular weight is 1020 g/mol. The van der Waals surface area contributed by atoms with Crippen molar-refractivity contribution in [2.75, 3.05) is 9.80 Å². The number of anilines is 6. The first-order chi connectivity index (χ1) is 38.5. The molecule has 0 bridgehead atoms. The molecule has 11 aromatic carbocycles. The summed E-state index contributed by atoms with van der Waals surface area (Å²) in [6.07, 6.45) is 0. The number of aromatic nitrogens is 1. The maximum atomic E-state index is 7.30. The van der Waals surface area contributed by atoms with E-state index in [0.29, 0.717) is 0 Å². The Hall–Kier alpha value is -9.32. The fraction of sp³-hybridized carbons (Fsp3) is 0.108. The van der Waals surface area contributed by atoms with E-state index in [2.05, 4.69) is 299 Å². The lowest BCUT2D eigenvalue weighted by molar-refractivity contribution is 0.486. The van der Waals surface area contributed by atoms with Crippen molar-refractivity contribution >= 4 is 79.0 Å². The lowest BCUT2D eigenvalue weighted by atomic mass is 9.33. The predicted octanol–water partition coefficient (Wildman–Crippen LogP) is 18.2. The molecule has 0 radical (unpaired) electrons. The van der Waals surface area contributed by atoms with E-state index in [-0.39, 0.29) is 17.5 Å². The van der Waals surface area contributed by atoms with Crippen LogP contribution in [0.2, 0.25) is 0 Å². The van der Waals surface area contributed by atoms with Gasteiger partial charge in [0.25, 0.3) is 6.71 Å². The second-order valence-electron chi connectivity index (χ2n) is 23.7. The van der Waals surface area contributed by atoms with Crippen LogP contribution >= 0.6 is 0 Å². The summed E-state index contributed by atoms with van der Waals surface area (Å²) in [4.78, 5) is 5.28. The Labute approximate surface area is 463 Å². The highest BCUT2D eigenvalue weighted by molar-refractivity contribution is 7.00. The predicted molar refractivity (Wildman–Crippen MR) is 334 cm³/mol. The van der Waals surface area contributed by atoms with Gasteiger partial charge >= 0.3 is 0 Å². The number of ether oxygens (including phenoxy) is 1. The maximum Gasteiger partial charge on any atom is 0.252 e. The third-order valence-electron chi connectivity index (χ3n) is 16.8. The Morgan fingerprint density at radius 2 is 0.886 bits per heavy atom. The zero-order valence-electron chi connectivity index (χ0n) is 45.4. The van der Waals surface area contributed by atoms with Crippen molar-refractivity contribution in [3.8, 4) is 61.7 Å². The van der Waals surface area contributed by atoms with Crippen LogP contribution in [0.5, 0.6) is 11.5 Å². The van der Waals surface area contributed by atoms with Crippen molar-refractivity contribution in [1.82, 2.24) is 4.57 Å². The fourth-order valence-electron chi connectivity index (χ4n) is 13.1. The molecule has 15 rings (SSSR count). The molecule has 4 heterocycles. The molecule has 0 atom stereocenters. The first-order valence-corrected chi connectivity index (χ1v) is 27.8. The third kappa shape index (κ3) is 7.36. The summed E-state index contributed by atoms with van der Waals surface area (Å²) in [5, 5.41) is 2.45. The molecule has 0 fully saturated rings. The van der Waals surface area contributed by atoms with Crippen molar-refractivity contribution in [2.45, 2.75) is 52.4 Å². The van der Waals surface area contributed by atoms with E-state index < -0.39 is 0 Å². The lowest BCUT2D eigenvalue weighted by Gasteiger charge is -2.47. The van der Waals surface area contributed by atoms with E-state index in [1.54, 1.807) is 0 Å². The molecule has 0 N–H and O–H groups in total. The highest BCUT2D eigenvalue weighted by Gasteiger charge is 2.47. The van der Waals surface area contributed by atoms with E-state index in [9.17, 15) is 0 Å². The van der Waals surface area contributed by atoms with Crippen LogP contribution in [0.3, 0.4) is 0 Å². The molecule has 79 heavy (non-hydrogen) atoms. The third-order valence-corrected chi connectivity index (χ3v) is 16.8. The molecule has 12 aromatic rings. The fourth-order valence-corrected chi connectivity index (χ4v) is 13.1. The van der Waals surface area contributed by atoms with Crippen molar-refractivity contribution in [3.63, 3.8) is 0 Å². The van der Waals surface area contributed by atoms with Crippen LogP contribution in [0, 0.1) is 0 Å². The Kier molecular flexibility index (Phi) is 10.5. The molecule has 5 heteroatoms. The van der Waals surface area contributed by atoms with Gasteiger partial charge in [0.15, 0.2) is 0 Å². The molecular weight excluding hydrogens is 958 g/mol. The highest BCUT2D eigenvalue weighted by atomic mass is 16.5. The van der Waals surface area contributed by atoms with Crippen molar-refractivity contribution in [3.05, 3.63) is 254 Å². The number of nitrogens with zero attached hydrogens (tertiary/aromatic N) is 3. The summed E-state index contributed by atoms with van der Waals surface area (Å²) >= 11 is 0. The van der Waals surface area contributed by atoms with Gasteiger partial charge in [-0.1, -0.05) is 224 Å². The lowest BCUT2D eigenvalue weighted by Crippen LogP contribution is -2.62. The minimum Gasteiger partial charge on any atom is -0.456 e. The van der Waals surface area contributed by atoms with Crippen LogP contribution in [0.25, 0.3) is 72.0 Å². The van der Waals surface area contributed by atoms with Crippen molar-refractivity contribution in [2.24, 2.45) is 0 Å². The first-order valence-electron chi connectivity index (χ1n) is 27.8. The zero-order chi connectivity index (χ0) is 53.3. The summed E-state index contributed by atoms with van der Waals surface area (Å²) in [5.41, 5.74) is 25.2. The molecule has 0 aliphatic carbocycles. The van der Waals surface area contributed by atoms with Crippen LogP contribution in [0.1, 0.15) is 52.7 Å². The van der Waals surface area contributed by atoms with Gasteiger partial charge in [0, 0.05) is 61.5 Å². The molecule has 378 valence electrons. The van der Waals surface area contributed by atoms with Gasteiger partial charge in [-0.3, -0.25) is 0 Å².